The van der Waals surface area contributed by atoms with E-state index >= 15 is 0 Å². The summed E-state index contributed by atoms with van der Waals surface area (Å²) in [4.78, 5) is 0.960. The van der Waals surface area contributed by atoms with Gasteiger partial charge in [0.1, 0.15) is 5.75 Å². The number of anilines is 1. The molecular formula is C14H11BrN2O2S. The molecule has 0 aliphatic rings. The van der Waals surface area contributed by atoms with Crippen LogP contribution >= 0.6 is 27.3 Å². The molecule has 0 radical (unpaired) electrons. The minimum atomic E-state index is 0.356. The van der Waals surface area contributed by atoms with Gasteiger partial charge in [0, 0.05) is 5.56 Å². The van der Waals surface area contributed by atoms with Gasteiger partial charge < -0.3 is 15.0 Å². The lowest BCUT2D eigenvalue weighted by Crippen LogP contribution is -1.92. The Labute approximate surface area is 128 Å². The predicted molar refractivity (Wildman–Crippen MR) is 83.9 cm³/mol. The molecule has 0 aliphatic heterocycles. The molecule has 6 heteroatoms. The van der Waals surface area contributed by atoms with Gasteiger partial charge in [0.25, 0.3) is 0 Å². The summed E-state index contributed by atoms with van der Waals surface area (Å²) < 4.78 is 11.8. The van der Waals surface area contributed by atoms with Crippen molar-refractivity contribution in [1.29, 1.82) is 0 Å². The molecule has 0 saturated carbocycles. The second kappa shape index (κ2) is 5.30. The highest BCUT2D eigenvalue weighted by Gasteiger charge is 2.21. The summed E-state index contributed by atoms with van der Waals surface area (Å²) in [6, 6.07) is 11.6. The molecule has 0 unspecified atom stereocenters. The van der Waals surface area contributed by atoms with Gasteiger partial charge in [-0.15, -0.1) is 11.3 Å². The molecule has 102 valence electrons. The smallest absolute Gasteiger partial charge is 0.187 e. The van der Waals surface area contributed by atoms with Crippen LogP contribution in [0.3, 0.4) is 0 Å². The van der Waals surface area contributed by atoms with Crippen molar-refractivity contribution >= 4 is 33.1 Å². The van der Waals surface area contributed by atoms with Gasteiger partial charge in [-0.1, -0.05) is 23.4 Å². The second-order valence-electron chi connectivity index (χ2n) is 4.08. The summed E-state index contributed by atoms with van der Waals surface area (Å²) in [5, 5.41) is 3.89. The average Bonchev–Trinajstić information content (AvgIpc) is 3.04. The number of para-hydroxylation sites is 1. The van der Waals surface area contributed by atoms with Crippen LogP contribution in [0.5, 0.6) is 5.75 Å². The van der Waals surface area contributed by atoms with E-state index in [-0.39, 0.29) is 0 Å². The third kappa shape index (κ3) is 2.21. The third-order valence-electron chi connectivity index (χ3n) is 2.89. The molecule has 0 spiro atoms. The van der Waals surface area contributed by atoms with Crippen LogP contribution in [0.1, 0.15) is 0 Å². The fourth-order valence-electron chi connectivity index (χ4n) is 2.02. The van der Waals surface area contributed by atoms with Gasteiger partial charge in [0.05, 0.1) is 21.3 Å². The molecule has 3 aromatic rings. The molecule has 2 aromatic heterocycles. The Kier molecular flexibility index (Phi) is 3.50. The minimum Gasteiger partial charge on any atom is -0.496 e. The molecule has 0 atom stereocenters. The number of thiophene rings is 1. The molecule has 0 amide bonds. The lowest BCUT2D eigenvalue weighted by atomic mass is 10.0. The van der Waals surface area contributed by atoms with Crippen LogP contribution in [0.25, 0.3) is 21.8 Å². The normalized spacial score (nSPS) is 10.7. The number of nitrogens with zero attached hydrogens (tertiary/aromatic N) is 1. The average molecular weight is 351 g/mol. The quantitative estimate of drug-likeness (QED) is 0.759. The van der Waals surface area contributed by atoms with Crippen LogP contribution in [0.2, 0.25) is 0 Å². The third-order valence-corrected chi connectivity index (χ3v) is 4.51. The zero-order valence-corrected chi connectivity index (χ0v) is 13.0. The standard InChI is InChI=1S/C14H11BrN2O2S/c1-18-9-5-3-2-4-8(9)12-13(19-17-14(12)16)10-6-7-11(15)20-10/h2-7H,1H3,(H2,16,17). The Balaban J connectivity index is 2.21. The van der Waals surface area contributed by atoms with E-state index in [2.05, 4.69) is 21.1 Å². The number of nitrogens with two attached hydrogens (primary N) is 1. The molecule has 3 rings (SSSR count). The highest BCUT2D eigenvalue weighted by atomic mass is 79.9. The van der Waals surface area contributed by atoms with E-state index in [1.165, 1.54) is 0 Å². The summed E-state index contributed by atoms with van der Waals surface area (Å²) in [5.74, 6) is 1.75. The van der Waals surface area contributed by atoms with Gasteiger partial charge in [-0.05, 0) is 34.1 Å². The number of methoxy groups -OCH3 is 1. The first-order valence-electron chi connectivity index (χ1n) is 5.85. The fourth-order valence-corrected chi connectivity index (χ4v) is 3.39. The highest BCUT2D eigenvalue weighted by Crippen LogP contribution is 2.43. The van der Waals surface area contributed by atoms with Crippen LogP contribution < -0.4 is 10.5 Å². The molecule has 20 heavy (non-hydrogen) atoms. The van der Waals surface area contributed by atoms with Crippen molar-refractivity contribution in [3.63, 3.8) is 0 Å². The second-order valence-corrected chi connectivity index (χ2v) is 6.54. The topological polar surface area (TPSA) is 61.3 Å². The molecular weight excluding hydrogens is 340 g/mol. The number of nitrogen functional groups attached to an aromatic ring is 1. The Morgan fingerprint density at radius 1 is 1.25 bits per heavy atom. The van der Waals surface area contributed by atoms with E-state index in [1.54, 1.807) is 18.4 Å². The summed E-state index contributed by atoms with van der Waals surface area (Å²) in [6.45, 7) is 0. The first-order valence-corrected chi connectivity index (χ1v) is 7.46. The van der Waals surface area contributed by atoms with E-state index < -0.39 is 0 Å². The zero-order valence-electron chi connectivity index (χ0n) is 10.6. The monoisotopic (exact) mass is 350 g/mol. The molecule has 1 aromatic carbocycles. The maximum absolute atomic E-state index is 5.97. The summed E-state index contributed by atoms with van der Waals surface area (Å²) >= 11 is 5.01. The van der Waals surface area contributed by atoms with Gasteiger partial charge in [0.15, 0.2) is 11.6 Å². The maximum Gasteiger partial charge on any atom is 0.187 e. The van der Waals surface area contributed by atoms with Crippen LogP contribution in [-0.4, -0.2) is 12.3 Å². The first-order chi connectivity index (χ1) is 9.70. The Hall–Kier alpha value is -1.79. The van der Waals surface area contributed by atoms with Crippen LogP contribution in [0.15, 0.2) is 44.7 Å². The molecule has 4 nitrogen and oxygen atoms in total. The molecule has 2 N–H and O–H groups in total. The van der Waals surface area contributed by atoms with Crippen LogP contribution in [0, 0.1) is 0 Å². The molecule has 0 aliphatic carbocycles. The van der Waals surface area contributed by atoms with Gasteiger partial charge in [-0.2, -0.15) is 0 Å². The molecule has 0 fully saturated rings. The number of benzene rings is 1. The molecule has 0 saturated heterocycles. The van der Waals surface area contributed by atoms with Crippen molar-refractivity contribution in [1.82, 2.24) is 5.16 Å². The Morgan fingerprint density at radius 2 is 2.05 bits per heavy atom. The van der Waals surface area contributed by atoms with E-state index in [4.69, 9.17) is 15.0 Å². The number of aromatic nitrogens is 1. The number of hydrogen-bond acceptors (Lipinski definition) is 5. The Morgan fingerprint density at radius 3 is 2.75 bits per heavy atom. The predicted octanol–water partition coefficient (Wildman–Crippen LogP) is 4.42. The maximum atomic E-state index is 5.97. The van der Waals surface area contributed by atoms with Gasteiger partial charge >= 0.3 is 0 Å². The van der Waals surface area contributed by atoms with Crippen molar-refractivity contribution in [2.45, 2.75) is 0 Å². The van der Waals surface area contributed by atoms with Gasteiger partial charge in [-0.3, -0.25) is 0 Å². The summed E-state index contributed by atoms with van der Waals surface area (Å²) in [5.41, 5.74) is 7.60. The SMILES string of the molecule is COc1ccccc1-c1c(N)noc1-c1ccc(Br)s1. The van der Waals surface area contributed by atoms with Gasteiger partial charge in [0.2, 0.25) is 0 Å². The van der Waals surface area contributed by atoms with Crippen molar-refractivity contribution < 1.29 is 9.26 Å². The molecule has 2 heterocycles. The largest absolute Gasteiger partial charge is 0.496 e. The minimum absolute atomic E-state index is 0.356. The van der Waals surface area contributed by atoms with E-state index in [0.717, 1.165) is 25.5 Å². The van der Waals surface area contributed by atoms with Crippen molar-refractivity contribution in [3.8, 4) is 27.5 Å². The van der Waals surface area contributed by atoms with E-state index in [9.17, 15) is 0 Å². The number of ether oxygens (including phenoxy) is 1. The van der Waals surface area contributed by atoms with Crippen molar-refractivity contribution in [3.05, 3.63) is 40.2 Å². The van der Waals surface area contributed by atoms with Crippen molar-refractivity contribution in [2.75, 3.05) is 12.8 Å². The number of hydrogen-bond donors (Lipinski definition) is 1. The lowest BCUT2D eigenvalue weighted by molar-refractivity contribution is 0.416. The highest BCUT2D eigenvalue weighted by molar-refractivity contribution is 9.11. The lowest BCUT2D eigenvalue weighted by Gasteiger charge is -2.07. The van der Waals surface area contributed by atoms with E-state index in [0.29, 0.717) is 11.6 Å². The molecule has 0 bridgehead atoms. The van der Waals surface area contributed by atoms with Crippen LogP contribution in [0.4, 0.5) is 5.82 Å². The summed E-state index contributed by atoms with van der Waals surface area (Å²) in [7, 11) is 1.63. The van der Waals surface area contributed by atoms with Crippen molar-refractivity contribution in [2.24, 2.45) is 0 Å². The van der Waals surface area contributed by atoms with Crippen LogP contribution in [-0.2, 0) is 0 Å². The number of halogens is 1. The zero-order chi connectivity index (χ0) is 14.1. The Bertz CT molecular complexity index is 751. The first kappa shape index (κ1) is 13.2. The van der Waals surface area contributed by atoms with E-state index in [1.807, 2.05) is 36.4 Å². The summed E-state index contributed by atoms with van der Waals surface area (Å²) in [6.07, 6.45) is 0. The fraction of sp³-hybridized carbons (Fsp3) is 0.0714. The number of rotatable bonds is 3. The van der Waals surface area contributed by atoms with Gasteiger partial charge in [-0.25, -0.2) is 0 Å².